The number of carbonyl (C=O) groups excluding carboxylic acids is 2. The second-order valence-corrected chi connectivity index (χ2v) is 11.4. The largest absolute Gasteiger partial charge is 0.478 e. The van der Waals surface area contributed by atoms with Crippen LogP contribution in [-0.4, -0.2) is 40.1 Å². The number of Topliss-reactive ketones (excluding diaryl/α,β-unsaturated/α-hetero) is 1. The number of carboxylic acids is 1. The molecule has 6 heteroatoms. The van der Waals surface area contributed by atoms with Crippen LogP contribution in [0.15, 0.2) is 59.8 Å². The number of aliphatic hydroxyl groups excluding tert-OH is 1. The maximum atomic E-state index is 12.9. The number of esters is 1. The van der Waals surface area contributed by atoms with E-state index in [1.54, 1.807) is 13.8 Å². The molecule has 0 aliphatic carbocycles. The topological polar surface area (TPSA) is 101 Å². The Labute approximate surface area is 229 Å². The number of ketones is 1. The van der Waals surface area contributed by atoms with Crippen molar-refractivity contribution in [3.8, 4) is 0 Å². The highest BCUT2D eigenvalue weighted by atomic mass is 16.5. The minimum absolute atomic E-state index is 0.0283. The van der Waals surface area contributed by atoms with Gasteiger partial charge in [-0.2, -0.15) is 0 Å². The molecule has 0 fully saturated rings. The Hall–Kier alpha value is -2.73. The predicted octanol–water partition coefficient (Wildman–Crippen LogP) is 6.47. The van der Waals surface area contributed by atoms with Gasteiger partial charge in [-0.25, -0.2) is 9.59 Å². The molecule has 212 valence electrons. The van der Waals surface area contributed by atoms with Crippen molar-refractivity contribution < 1.29 is 29.3 Å². The molecule has 38 heavy (non-hydrogen) atoms. The van der Waals surface area contributed by atoms with Crippen molar-refractivity contribution in [3.63, 3.8) is 0 Å². The van der Waals surface area contributed by atoms with Crippen LogP contribution in [-0.2, 0) is 19.1 Å². The minimum Gasteiger partial charge on any atom is -0.478 e. The molecule has 0 aromatic rings. The van der Waals surface area contributed by atoms with Crippen LogP contribution in [0.2, 0.25) is 0 Å². The number of rotatable bonds is 15. The van der Waals surface area contributed by atoms with Crippen molar-refractivity contribution in [3.05, 3.63) is 59.8 Å². The van der Waals surface area contributed by atoms with E-state index in [1.807, 2.05) is 52.0 Å². The molecule has 0 bridgehead atoms. The van der Waals surface area contributed by atoms with E-state index in [2.05, 4.69) is 26.0 Å². The van der Waals surface area contributed by atoms with Gasteiger partial charge in [-0.1, -0.05) is 83.1 Å². The number of hydrogen-bond acceptors (Lipinski definition) is 5. The quantitative estimate of drug-likeness (QED) is 0.109. The van der Waals surface area contributed by atoms with Gasteiger partial charge in [-0.05, 0) is 56.9 Å². The van der Waals surface area contributed by atoms with Gasteiger partial charge in [0.15, 0.2) is 0 Å². The lowest BCUT2D eigenvalue weighted by Crippen LogP contribution is -2.34. The first kappa shape index (κ1) is 33.3. The van der Waals surface area contributed by atoms with Crippen molar-refractivity contribution in [1.82, 2.24) is 0 Å². The number of cyclic esters (lactones) is 1. The second kappa shape index (κ2) is 16.3. The van der Waals surface area contributed by atoms with E-state index in [0.717, 1.165) is 24.5 Å². The summed E-state index contributed by atoms with van der Waals surface area (Å²) in [5.41, 5.74) is 1.67. The van der Waals surface area contributed by atoms with Crippen molar-refractivity contribution >= 4 is 17.7 Å². The predicted molar refractivity (Wildman–Crippen MR) is 152 cm³/mol. The summed E-state index contributed by atoms with van der Waals surface area (Å²) in [6, 6.07) is 0. The molecule has 2 N–H and O–H groups in total. The zero-order valence-corrected chi connectivity index (χ0v) is 24.4. The Morgan fingerprint density at radius 3 is 2.42 bits per heavy atom. The number of carbonyl (C=O) groups is 3. The van der Waals surface area contributed by atoms with E-state index in [0.29, 0.717) is 23.8 Å². The molecule has 6 nitrogen and oxygen atoms in total. The monoisotopic (exact) mass is 528 g/mol. The number of aliphatic carboxylic acids is 1. The van der Waals surface area contributed by atoms with Gasteiger partial charge in [0.2, 0.25) is 0 Å². The van der Waals surface area contributed by atoms with Gasteiger partial charge >= 0.3 is 11.9 Å². The first-order valence-electron chi connectivity index (χ1n) is 13.7. The summed E-state index contributed by atoms with van der Waals surface area (Å²) in [6.07, 6.45) is 16.1. The highest BCUT2D eigenvalue weighted by Crippen LogP contribution is 2.24. The number of allylic oxidation sites excluding steroid dienone is 6. The number of hydrogen-bond donors (Lipinski definition) is 2. The third-order valence-electron chi connectivity index (χ3n) is 7.15. The van der Waals surface area contributed by atoms with Gasteiger partial charge in [0.05, 0.1) is 6.10 Å². The summed E-state index contributed by atoms with van der Waals surface area (Å²) < 4.78 is 5.37. The summed E-state index contributed by atoms with van der Waals surface area (Å²) >= 11 is 0. The van der Waals surface area contributed by atoms with E-state index >= 15 is 0 Å². The van der Waals surface area contributed by atoms with Crippen molar-refractivity contribution in [2.24, 2.45) is 35.5 Å². The Bertz CT molecular complexity index is 953. The number of carboxylic acid groups (broad SMARTS) is 1. The molecule has 0 amide bonds. The first-order chi connectivity index (χ1) is 17.7. The normalized spacial score (nSPS) is 23.7. The Balaban J connectivity index is 2.56. The van der Waals surface area contributed by atoms with Gasteiger partial charge < -0.3 is 14.9 Å². The van der Waals surface area contributed by atoms with Crippen LogP contribution in [0.3, 0.4) is 0 Å². The second-order valence-electron chi connectivity index (χ2n) is 11.4. The summed E-state index contributed by atoms with van der Waals surface area (Å²) in [5, 5.41) is 19.6. The van der Waals surface area contributed by atoms with Crippen molar-refractivity contribution in [1.29, 1.82) is 0 Å². The smallest absolute Gasteiger partial charge is 0.331 e. The Morgan fingerprint density at radius 2 is 1.79 bits per heavy atom. The average Bonchev–Trinajstić information content (AvgIpc) is 2.82. The Morgan fingerprint density at radius 1 is 1.13 bits per heavy atom. The fourth-order valence-electron chi connectivity index (χ4n) is 4.94. The first-order valence-corrected chi connectivity index (χ1v) is 13.7. The number of ether oxygens (including phenoxy) is 1. The molecular formula is C32H48O6. The SMILES string of the molecule is CC(/C=C/CC(C)CC(C)/C=C/[C@@H]1OC(=O)C=C[C@@H]1C)=C\C(C)C(=O)C(C)C(O)C(C)C/C(C)=C/C(=O)O. The fraction of sp³-hybridized carbons (Fsp3) is 0.594. The van der Waals surface area contributed by atoms with E-state index in [1.165, 1.54) is 6.08 Å². The lowest BCUT2D eigenvalue weighted by molar-refractivity contribution is -0.143. The van der Waals surface area contributed by atoms with Crippen LogP contribution >= 0.6 is 0 Å². The molecule has 6 unspecified atom stereocenters. The van der Waals surface area contributed by atoms with Crippen LogP contribution < -0.4 is 0 Å². The molecule has 0 aromatic heterocycles. The molecule has 1 aliphatic rings. The molecule has 1 aliphatic heterocycles. The van der Waals surface area contributed by atoms with Gasteiger partial charge in [-0.3, -0.25) is 4.79 Å². The van der Waals surface area contributed by atoms with Gasteiger partial charge in [-0.15, -0.1) is 0 Å². The highest BCUT2D eigenvalue weighted by Gasteiger charge is 2.29. The summed E-state index contributed by atoms with van der Waals surface area (Å²) in [7, 11) is 0. The lowest BCUT2D eigenvalue weighted by Gasteiger charge is -2.25. The molecule has 8 atom stereocenters. The molecular weight excluding hydrogens is 480 g/mol. The number of aliphatic hydroxyl groups is 1. The third-order valence-corrected chi connectivity index (χ3v) is 7.15. The van der Waals surface area contributed by atoms with Gasteiger partial charge in [0.1, 0.15) is 11.9 Å². The third kappa shape index (κ3) is 12.2. The summed E-state index contributed by atoms with van der Waals surface area (Å²) in [5.74, 6) is -1.41. The van der Waals surface area contributed by atoms with Crippen LogP contribution in [0, 0.1) is 35.5 Å². The Kier molecular flexibility index (Phi) is 14.3. The van der Waals surface area contributed by atoms with Crippen molar-refractivity contribution in [2.75, 3.05) is 0 Å². The lowest BCUT2D eigenvalue weighted by atomic mass is 9.83. The van der Waals surface area contributed by atoms with E-state index in [9.17, 15) is 19.5 Å². The molecule has 0 saturated carbocycles. The molecule has 0 spiro atoms. The molecule has 1 heterocycles. The summed E-state index contributed by atoms with van der Waals surface area (Å²) in [6.45, 7) is 15.5. The molecule has 1 rings (SSSR count). The van der Waals surface area contributed by atoms with Gasteiger partial charge in [0, 0.05) is 29.9 Å². The highest BCUT2D eigenvalue weighted by molar-refractivity contribution is 5.85. The van der Waals surface area contributed by atoms with Crippen LogP contribution in [0.25, 0.3) is 0 Å². The van der Waals surface area contributed by atoms with Crippen molar-refractivity contribution in [2.45, 2.75) is 86.9 Å². The van der Waals surface area contributed by atoms with Crippen LogP contribution in [0.4, 0.5) is 0 Å². The maximum absolute atomic E-state index is 12.9. The fourth-order valence-corrected chi connectivity index (χ4v) is 4.94. The van der Waals surface area contributed by atoms with E-state index in [-0.39, 0.29) is 35.6 Å². The average molecular weight is 529 g/mol. The maximum Gasteiger partial charge on any atom is 0.331 e. The standard InChI is InChI=1S/C32H48O6/c1-20(16-22(3)12-14-28-24(5)13-15-30(35)38-28)10-9-11-21(2)17-25(6)31(36)27(8)32(37)26(7)18-23(4)19-29(33)34/h9,11-15,17,19-20,22,24-28,32,37H,10,16,18H2,1-8H3,(H,33,34)/b11-9+,14-12+,21-17+,23-19+/t20?,22?,24-,25?,26?,27?,28-,32?/m0/s1. The van der Waals surface area contributed by atoms with Gasteiger partial charge in [0.25, 0.3) is 0 Å². The summed E-state index contributed by atoms with van der Waals surface area (Å²) in [4.78, 5) is 35.2. The van der Waals surface area contributed by atoms with E-state index < -0.39 is 18.0 Å². The van der Waals surface area contributed by atoms with Crippen LogP contribution in [0.1, 0.15) is 74.7 Å². The zero-order valence-electron chi connectivity index (χ0n) is 24.4. The zero-order chi connectivity index (χ0) is 29.0. The molecule has 0 saturated heterocycles. The molecule has 0 radical (unpaired) electrons. The van der Waals surface area contributed by atoms with Crippen LogP contribution in [0.5, 0.6) is 0 Å². The molecule has 0 aromatic carbocycles. The minimum atomic E-state index is -1.01. The van der Waals surface area contributed by atoms with E-state index in [4.69, 9.17) is 9.84 Å².